The minimum Gasteiger partial charge on any atom is -0.459 e. The van der Waals surface area contributed by atoms with Crippen molar-refractivity contribution in [2.45, 2.75) is 26.4 Å². The van der Waals surface area contributed by atoms with Gasteiger partial charge in [0.2, 0.25) is 0 Å². The van der Waals surface area contributed by atoms with Crippen molar-refractivity contribution in [2.75, 3.05) is 33.7 Å². The van der Waals surface area contributed by atoms with Crippen LogP contribution in [-0.2, 0) is 9.53 Å². The predicted molar refractivity (Wildman–Crippen MR) is 82.3 cm³/mol. The van der Waals surface area contributed by atoms with E-state index in [2.05, 4.69) is 9.97 Å². The Morgan fingerprint density at radius 3 is 2.36 bits per heavy atom. The Kier molecular flexibility index (Phi) is 6.42. The largest absolute Gasteiger partial charge is 0.459 e. The lowest BCUT2D eigenvalue weighted by Crippen LogP contribution is -2.42. The molecule has 0 aliphatic rings. The van der Waals surface area contributed by atoms with Crippen molar-refractivity contribution in [1.82, 2.24) is 19.8 Å². The first-order chi connectivity index (χ1) is 10.2. The van der Waals surface area contributed by atoms with Crippen LogP contribution in [0.15, 0.2) is 18.6 Å². The van der Waals surface area contributed by atoms with E-state index in [0.717, 1.165) is 0 Å². The number of rotatable bonds is 6. The van der Waals surface area contributed by atoms with Gasteiger partial charge in [-0.3, -0.25) is 14.6 Å². The van der Waals surface area contributed by atoms with Crippen molar-refractivity contribution < 1.29 is 14.3 Å². The lowest BCUT2D eigenvalue weighted by molar-refractivity contribution is -0.155. The molecule has 0 bridgehead atoms. The first-order valence-corrected chi connectivity index (χ1v) is 7.11. The summed E-state index contributed by atoms with van der Waals surface area (Å²) in [6.07, 6.45) is 4.33. The number of aromatic nitrogens is 2. The molecule has 122 valence electrons. The van der Waals surface area contributed by atoms with Crippen LogP contribution >= 0.6 is 0 Å². The van der Waals surface area contributed by atoms with Crippen molar-refractivity contribution in [3.63, 3.8) is 0 Å². The van der Waals surface area contributed by atoms with Crippen molar-refractivity contribution in [3.05, 3.63) is 24.3 Å². The van der Waals surface area contributed by atoms with Gasteiger partial charge in [0, 0.05) is 25.5 Å². The summed E-state index contributed by atoms with van der Waals surface area (Å²) in [6, 6.07) is 0. The summed E-state index contributed by atoms with van der Waals surface area (Å²) in [6.45, 7) is 6.30. The van der Waals surface area contributed by atoms with Crippen molar-refractivity contribution in [3.8, 4) is 0 Å². The van der Waals surface area contributed by atoms with Crippen LogP contribution in [-0.4, -0.2) is 71.0 Å². The highest BCUT2D eigenvalue weighted by Crippen LogP contribution is 2.08. The van der Waals surface area contributed by atoms with E-state index in [0.29, 0.717) is 13.1 Å². The molecule has 1 amide bonds. The molecule has 0 saturated heterocycles. The molecule has 0 aromatic carbocycles. The molecule has 7 nitrogen and oxygen atoms in total. The van der Waals surface area contributed by atoms with Crippen LogP contribution in [0.1, 0.15) is 31.3 Å². The van der Waals surface area contributed by atoms with Gasteiger partial charge in [-0.25, -0.2) is 4.98 Å². The average Bonchev–Trinajstić information content (AvgIpc) is 2.41. The number of ether oxygens (including phenoxy) is 1. The maximum Gasteiger partial charge on any atom is 0.326 e. The highest BCUT2D eigenvalue weighted by molar-refractivity contribution is 5.94. The fraction of sp³-hybridized carbons (Fsp3) is 0.600. The van der Waals surface area contributed by atoms with Crippen LogP contribution < -0.4 is 0 Å². The van der Waals surface area contributed by atoms with Crippen LogP contribution in [0.3, 0.4) is 0 Å². The van der Waals surface area contributed by atoms with Crippen molar-refractivity contribution in [2.24, 2.45) is 0 Å². The summed E-state index contributed by atoms with van der Waals surface area (Å²) in [4.78, 5) is 35.7. The summed E-state index contributed by atoms with van der Waals surface area (Å²) in [7, 11) is 3.80. The third kappa shape index (κ3) is 6.62. The fourth-order valence-electron chi connectivity index (χ4n) is 1.67. The van der Waals surface area contributed by atoms with E-state index in [-0.39, 0.29) is 18.1 Å². The summed E-state index contributed by atoms with van der Waals surface area (Å²) >= 11 is 0. The second kappa shape index (κ2) is 7.84. The molecule has 0 N–H and O–H groups in total. The molecular formula is C15H24N4O3. The van der Waals surface area contributed by atoms with E-state index in [1.54, 1.807) is 20.8 Å². The first-order valence-electron chi connectivity index (χ1n) is 7.11. The van der Waals surface area contributed by atoms with Gasteiger partial charge in [-0.2, -0.15) is 0 Å². The number of nitrogens with zero attached hydrogens (tertiary/aromatic N) is 4. The molecule has 0 radical (unpaired) electrons. The number of esters is 1. The normalized spacial score (nSPS) is 11.4. The van der Waals surface area contributed by atoms with Crippen LogP contribution in [0.4, 0.5) is 0 Å². The number of likely N-dealkylation sites (N-methyl/N-ethyl adjacent to an activating group) is 1. The van der Waals surface area contributed by atoms with E-state index in [1.807, 2.05) is 19.0 Å². The average molecular weight is 308 g/mol. The number of amides is 1. The highest BCUT2D eigenvalue weighted by atomic mass is 16.6. The van der Waals surface area contributed by atoms with E-state index in [4.69, 9.17) is 4.74 Å². The van der Waals surface area contributed by atoms with E-state index >= 15 is 0 Å². The van der Waals surface area contributed by atoms with Crippen molar-refractivity contribution >= 4 is 11.9 Å². The zero-order chi connectivity index (χ0) is 16.8. The molecule has 0 atom stereocenters. The molecule has 0 aliphatic carbocycles. The van der Waals surface area contributed by atoms with Gasteiger partial charge in [0.15, 0.2) is 0 Å². The van der Waals surface area contributed by atoms with E-state index in [9.17, 15) is 9.59 Å². The lowest BCUT2D eigenvalue weighted by atomic mass is 10.2. The molecule has 0 aliphatic heterocycles. The Balaban J connectivity index is 2.79. The second-order valence-corrected chi connectivity index (χ2v) is 6.21. The monoisotopic (exact) mass is 308 g/mol. The molecular weight excluding hydrogens is 284 g/mol. The summed E-state index contributed by atoms with van der Waals surface area (Å²) in [5.74, 6) is -0.774. The molecule has 22 heavy (non-hydrogen) atoms. The van der Waals surface area contributed by atoms with Crippen molar-refractivity contribution in [1.29, 1.82) is 0 Å². The summed E-state index contributed by atoms with van der Waals surface area (Å²) in [5.41, 5.74) is -0.371. The zero-order valence-electron chi connectivity index (χ0n) is 13.9. The molecule has 0 saturated carbocycles. The number of hydrogen-bond donors (Lipinski definition) is 0. The van der Waals surface area contributed by atoms with Gasteiger partial charge in [-0.1, -0.05) is 0 Å². The Bertz CT molecular complexity index is 497. The quantitative estimate of drug-likeness (QED) is 0.724. The van der Waals surface area contributed by atoms with Gasteiger partial charge in [-0.15, -0.1) is 0 Å². The van der Waals surface area contributed by atoms with Gasteiger partial charge in [0.1, 0.15) is 17.8 Å². The molecule has 0 unspecified atom stereocenters. The van der Waals surface area contributed by atoms with Crippen LogP contribution in [0.2, 0.25) is 0 Å². The van der Waals surface area contributed by atoms with Gasteiger partial charge in [0.25, 0.3) is 5.91 Å². The van der Waals surface area contributed by atoms with Crippen LogP contribution in [0.5, 0.6) is 0 Å². The third-order valence-electron chi connectivity index (χ3n) is 2.63. The van der Waals surface area contributed by atoms with Gasteiger partial charge >= 0.3 is 5.97 Å². The maximum atomic E-state index is 12.5. The van der Waals surface area contributed by atoms with Gasteiger partial charge < -0.3 is 14.5 Å². The SMILES string of the molecule is CN(C)CCN(CC(=O)OC(C)(C)C)C(=O)c1cnccn1. The molecule has 1 aromatic rings. The van der Waals surface area contributed by atoms with Gasteiger partial charge in [-0.05, 0) is 34.9 Å². The number of carbonyl (C=O) groups is 2. The van der Waals surface area contributed by atoms with E-state index in [1.165, 1.54) is 23.5 Å². The van der Waals surface area contributed by atoms with Crippen LogP contribution in [0.25, 0.3) is 0 Å². The highest BCUT2D eigenvalue weighted by Gasteiger charge is 2.23. The Morgan fingerprint density at radius 2 is 1.86 bits per heavy atom. The Morgan fingerprint density at radius 1 is 1.18 bits per heavy atom. The molecule has 1 heterocycles. The Labute approximate surface area is 131 Å². The number of carbonyl (C=O) groups excluding carboxylic acids is 2. The minimum atomic E-state index is -0.583. The van der Waals surface area contributed by atoms with E-state index < -0.39 is 11.6 Å². The van der Waals surface area contributed by atoms with Crippen LogP contribution in [0, 0.1) is 0 Å². The number of hydrogen-bond acceptors (Lipinski definition) is 6. The predicted octanol–water partition coefficient (Wildman–Crippen LogP) is 0.822. The first kappa shape index (κ1) is 18.0. The molecule has 0 spiro atoms. The molecule has 1 aromatic heterocycles. The molecule has 0 fully saturated rings. The molecule has 1 rings (SSSR count). The smallest absolute Gasteiger partial charge is 0.326 e. The Hall–Kier alpha value is -2.02. The minimum absolute atomic E-state index is 0.111. The standard InChI is InChI=1S/C15H24N4O3/c1-15(2,3)22-13(20)11-19(9-8-18(4)5)14(21)12-10-16-6-7-17-12/h6-7,10H,8-9,11H2,1-5H3. The topological polar surface area (TPSA) is 75.6 Å². The summed E-state index contributed by atoms with van der Waals surface area (Å²) in [5, 5.41) is 0. The maximum absolute atomic E-state index is 12.5. The summed E-state index contributed by atoms with van der Waals surface area (Å²) < 4.78 is 5.28. The lowest BCUT2D eigenvalue weighted by Gasteiger charge is -2.26. The zero-order valence-corrected chi connectivity index (χ0v) is 13.9. The second-order valence-electron chi connectivity index (χ2n) is 6.21. The third-order valence-corrected chi connectivity index (χ3v) is 2.63. The fourth-order valence-corrected chi connectivity index (χ4v) is 1.67. The molecule has 7 heteroatoms. The van der Waals surface area contributed by atoms with Gasteiger partial charge in [0.05, 0.1) is 6.20 Å².